The van der Waals surface area contributed by atoms with Crippen molar-refractivity contribution >= 4 is 11.6 Å². The number of benzene rings is 1. The van der Waals surface area contributed by atoms with Crippen molar-refractivity contribution in [3.8, 4) is 0 Å². The molecule has 0 bridgehead atoms. The van der Waals surface area contributed by atoms with Crippen LogP contribution in [0.25, 0.3) is 0 Å². The minimum absolute atomic E-state index is 0.0584. The van der Waals surface area contributed by atoms with Gasteiger partial charge in [0, 0.05) is 37.4 Å². The molecule has 0 spiro atoms. The largest absolute Gasteiger partial charge is 0.474 e. The molecule has 0 amide bonds. The molecule has 2 N–H and O–H groups in total. The normalized spacial score (nSPS) is 16.9. The Balaban J connectivity index is 2.00. The molecule has 0 saturated carbocycles. The Morgan fingerprint density at radius 3 is 2.61 bits per heavy atom. The predicted molar refractivity (Wildman–Crippen MR) is 96.9 cm³/mol. The summed E-state index contributed by atoms with van der Waals surface area (Å²) in [7, 11) is 0. The van der Waals surface area contributed by atoms with Gasteiger partial charge in [-0.1, -0.05) is 19.4 Å². The SMILES string of the molecule is CCCCN1CCN(c2cccc(/C(=N/N)OC(C)C)c2)CC1. The third-order valence-corrected chi connectivity index (χ3v) is 4.12. The van der Waals surface area contributed by atoms with Crippen LogP contribution in [0.1, 0.15) is 39.2 Å². The molecule has 1 aliphatic heterocycles. The van der Waals surface area contributed by atoms with Crippen LogP contribution < -0.4 is 10.7 Å². The Bertz CT molecular complexity index is 507. The average Bonchev–Trinajstić information content (AvgIpc) is 2.58. The molecule has 128 valence electrons. The molecule has 1 heterocycles. The molecule has 1 aromatic carbocycles. The molecule has 0 aromatic heterocycles. The van der Waals surface area contributed by atoms with E-state index >= 15 is 0 Å². The quantitative estimate of drug-likeness (QED) is 0.379. The minimum atomic E-state index is 0.0584. The lowest BCUT2D eigenvalue weighted by atomic mass is 10.1. The van der Waals surface area contributed by atoms with Gasteiger partial charge in [0.25, 0.3) is 0 Å². The Morgan fingerprint density at radius 2 is 2.00 bits per heavy atom. The number of anilines is 1. The zero-order valence-electron chi connectivity index (χ0n) is 14.7. The lowest BCUT2D eigenvalue weighted by Gasteiger charge is -2.36. The van der Waals surface area contributed by atoms with Crippen LogP contribution in [0.4, 0.5) is 5.69 Å². The molecular weight excluding hydrogens is 288 g/mol. The van der Waals surface area contributed by atoms with E-state index in [-0.39, 0.29) is 6.10 Å². The highest BCUT2D eigenvalue weighted by atomic mass is 16.5. The molecule has 0 radical (unpaired) electrons. The van der Waals surface area contributed by atoms with Gasteiger partial charge in [0.05, 0.1) is 6.10 Å². The molecule has 0 unspecified atom stereocenters. The Kier molecular flexibility index (Phi) is 6.71. The van der Waals surface area contributed by atoms with Gasteiger partial charge in [-0.25, -0.2) is 0 Å². The van der Waals surface area contributed by atoms with E-state index in [1.165, 1.54) is 25.1 Å². The zero-order valence-corrected chi connectivity index (χ0v) is 14.7. The van der Waals surface area contributed by atoms with Crippen molar-refractivity contribution in [3.63, 3.8) is 0 Å². The fourth-order valence-corrected chi connectivity index (χ4v) is 2.84. The molecule has 1 aromatic rings. The number of hydrogen-bond acceptors (Lipinski definition) is 5. The Hall–Kier alpha value is -1.75. The molecule has 1 saturated heterocycles. The van der Waals surface area contributed by atoms with Gasteiger partial charge in [-0.15, -0.1) is 5.10 Å². The van der Waals surface area contributed by atoms with Crippen molar-refractivity contribution in [1.82, 2.24) is 4.90 Å². The molecule has 1 aliphatic rings. The maximum absolute atomic E-state index is 5.69. The van der Waals surface area contributed by atoms with Gasteiger partial charge < -0.3 is 15.5 Å². The number of ether oxygens (including phenoxy) is 1. The summed E-state index contributed by atoms with van der Waals surface area (Å²) in [5.41, 5.74) is 2.15. The smallest absolute Gasteiger partial charge is 0.237 e. The predicted octanol–water partition coefficient (Wildman–Crippen LogP) is 2.65. The van der Waals surface area contributed by atoms with Crippen molar-refractivity contribution in [3.05, 3.63) is 29.8 Å². The van der Waals surface area contributed by atoms with Crippen LogP contribution in [0, 0.1) is 0 Å². The standard InChI is InChI=1S/C18H30N4O/c1-4-5-9-21-10-12-22(13-11-21)17-8-6-7-16(14-17)18(20-19)23-15(2)3/h6-8,14-15H,4-5,9-13,19H2,1-3H3/b20-18-. The number of hydrogen-bond donors (Lipinski definition) is 1. The van der Waals surface area contributed by atoms with E-state index in [0.717, 1.165) is 31.7 Å². The van der Waals surface area contributed by atoms with Crippen LogP contribution in [0.15, 0.2) is 29.4 Å². The fraction of sp³-hybridized carbons (Fsp3) is 0.611. The number of rotatable bonds is 6. The molecule has 0 aliphatic carbocycles. The first-order valence-electron chi connectivity index (χ1n) is 8.66. The topological polar surface area (TPSA) is 54.1 Å². The van der Waals surface area contributed by atoms with E-state index in [2.05, 4.69) is 34.0 Å². The molecule has 2 rings (SSSR count). The van der Waals surface area contributed by atoms with Crippen LogP contribution >= 0.6 is 0 Å². The van der Waals surface area contributed by atoms with Gasteiger partial charge in [0.15, 0.2) is 0 Å². The monoisotopic (exact) mass is 318 g/mol. The maximum Gasteiger partial charge on any atom is 0.237 e. The van der Waals surface area contributed by atoms with Crippen molar-refractivity contribution in [2.75, 3.05) is 37.6 Å². The molecule has 5 nitrogen and oxygen atoms in total. The second-order valence-corrected chi connectivity index (χ2v) is 6.33. The summed E-state index contributed by atoms with van der Waals surface area (Å²) in [6, 6.07) is 8.31. The number of piperazine rings is 1. The van der Waals surface area contributed by atoms with E-state index in [9.17, 15) is 0 Å². The Labute approximate surface area is 140 Å². The van der Waals surface area contributed by atoms with Crippen molar-refractivity contribution in [2.24, 2.45) is 10.9 Å². The van der Waals surface area contributed by atoms with Crippen LogP contribution in [0.5, 0.6) is 0 Å². The first kappa shape index (κ1) is 17.6. The summed E-state index contributed by atoms with van der Waals surface area (Å²) in [6.45, 7) is 11.8. The van der Waals surface area contributed by atoms with E-state index in [1.807, 2.05) is 26.0 Å². The number of nitrogens with zero attached hydrogens (tertiary/aromatic N) is 3. The van der Waals surface area contributed by atoms with Gasteiger partial charge in [0.1, 0.15) is 0 Å². The second-order valence-electron chi connectivity index (χ2n) is 6.33. The first-order chi connectivity index (χ1) is 11.1. The lowest BCUT2D eigenvalue weighted by molar-refractivity contribution is 0.228. The Morgan fingerprint density at radius 1 is 1.26 bits per heavy atom. The van der Waals surface area contributed by atoms with Gasteiger partial charge in [-0.3, -0.25) is 4.90 Å². The first-order valence-corrected chi connectivity index (χ1v) is 8.66. The summed E-state index contributed by atoms with van der Waals surface area (Å²) in [5, 5.41) is 3.80. The highest BCUT2D eigenvalue weighted by Gasteiger charge is 2.17. The van der Waals surface area contributed by atoms with Gasteiger partial charge >= 0.3 is 0 Å². The highest BCUT2D eigenvalue weighted by Crippen LogP contribution is 2.19. The van der Waals surface area contributed by atoms with Gasteiger partial charge in [-0.2, -0.15) is 0 Å². The third-order valence-electron chi connectivity index (χ3n) is 4.12. The number of unbranched alkanes of at least 4 members (excludes halogenated alkanes) is 1. The lowest BCUT2D eigenvalue weighted by Crippen LogP contribution is -2.46. The van der Waals surface area contributed by atoms with Crippen molar-refractivity contribution < 1.29 is 4.74 Å². The number of nitrogens with two attached hydrogens (primary N) is 1. The average molecular weight is 318 g/mol. The molecule has 5 heteroatoms. The van der Waals surface area contributed by atoms with E-state index in [1.54, 1.807) is 0 Å². The van der Waals surface area contributed by atoms with Crippen molar-refractivity contribution in [2.45, 2.75) is 39.7 Å². The summed E-state index contributed by atoms with van der Waals surface area (Å²) in [6.07, 6.45) is 2.61. The van der Waals surface area contributed by atoms with E-state index < -0.39 is 0 Å². The molecule has 23 heavy (non-hydrogen) atoms. The summed E-state index contributed by atoms with van der Waals surface area (Å²) < 4.78 is 5.69. The van der Waals surface area contributed by atoms with Crippen LogP contribution in [-0.2, 0) is 4.74 Å². The second kappa shape index (κ2) is 8.77. The number of hydrazone groups is 1. The third kappa shape index (κ3) is 5.13. The van der Waals surface area contributed by atoms with Crippen LogP contribution in [-0.4, -0.2) is 49.6 Å². The summed E-state index contributed by atoms with van der Waals surface area (Å²) in [5.74, 6) is 5.99. The van der Waals surface area contributed by atoms with E-state index in [4.69, 9.17) is 10.6 Å². The maximum atomic E-state index is 5.69. The molecule has 0 atom stereocenters. The summed E-state index contributed by atoms with van der Waals surface area (Å²) in [4.78, 5) is 4.98. The van der Waals surface area contributed by atoms with Gasteiger partial charge in [0.2, 0.25) is 5.90 Å². The zero-order chi connectivity index (χ0) is 16.7. The molecule has 1 fully saturated rings. The van der Waals surface area contributed by atoms with Crippen LogP contribution in [0.3, 0.4) is 0 Å². The van der Waals surface area contributed by atoms with Crippen LogP contribution in [0.2, 0.25) is 0 Å². The van der Waals surface area contributed by atoms with Gasteiger partial charge in [-0.05, 0) is 45.0 Å². The summed E-state index contributed by atoms with van der Waals surface area (Å²) >= 11 is 0. The van der Waals surface area contributed by atoms with Crippen molar-refractivity contribution in [1.29, 1.82) is 0 Å². The fourth-order valence-electron chi connectivity index (χ4n) is 2.84. The highest BCUT2D eigenvalue weighted by molar-refractivity contribution is 5.95. The minimum Gasteiger partial charge on any atom is -0.474 e. The van der Waals surface area contributed by atoms with E-state index in [0.29, 0.717) is 5.90 Å². The molecular formula is C18H30N4O.